The Morgan fingerprint density at radius 1 is 1.17 bits per heavy atom. The topological polar surface area (TPSA) is 84.9 Å². The van der Waals surface area contributed by atoms with Gasteiger partial charge in [-0.2, -0.15) is 0 Å². The summed E-state index contributed by atoms with van der Waals surface area (Å²) in [5, 5.41) is 3.39. The van der Waals surface area contributed by atoms with Gasteiger partial charge >= 0.3 is 6.09 Å². The van der Waals surface area contributed by atoms with E-state index in [0.29, 0.717) is 24.1 Å². The highest BCUT2D eigenvalue weighted by atomic mass is 16.7. The molecule has 0 bridgehead atoms. The molecule has 1 aliphatic heterocycles. The van der Waals surface area contributed by atoms with Gasteiger partial charge in [0.1, 0.15) is 5.60 Å². The quantitative estimate of drug-likeness (QED) is 0.836. The Balaban J connectivity index is 1.82. The number of benzene rings is 1. The highest BCUT2D eigenvalue weighted by Crippen LogP contribution is 2.23. The van der Waals surface area contributed by atoms with Crippen LogP contribution in [0.15, 0.2) is 24.3 Å². The van der Waals surface area contributed by atoms with Crippen LogP contribution in [0.2, 0.25) is 0 Å². The van der Waals surface area contributed by atoms with Crippen LogP contribution in [0.5, 0.6) is 0 Å². The maximum absolute atomic E-state index is 12.2. The summed E-state index contributed by atoms with van der Waals surface area (Å²) in [5.74, 6) is -0.940. The fraction of sp³-hybridized carbons (Fsp3) is 0.471. The minimum atomic E-state index is -0.563. The summed E-state index contributed by atoms with van der Waals surface area (Å²) in [6.07, 6.45) is -0.523. The third-order valence-corrected chi connectivity index (χ3v) is 3.26. The highest BCUT2D eigenvalue weighted by Gasteiger charge is 2.37. The van der Waals surface area contributed by atoms with Gasteiger partial charge in [0.2, 0.25) is 0 Å². The molecule has 0 aliphatic carbocycles. The molecule has 1 unspecified atom stereocenters. The number of ether oxygens (including phenoxy) is 1. The molecule has 1 N–H and O–H groups in total. The van der Waals surface area contributed by atoms with Gasteiger partial charge in [0.05, 0.1) is 17.2 Å². The standard InChI is InChI=1S/C17H22N2O5/c1-11(9-10-18-16(22)23-17(2,3)4)24-19-14(20)12-7-5-6-8-13(12)15(19)21/h5-8,11H,9-10H2,1-4H3,(H,18,22). The molecular formula is C17H22N2O5. The first kappa shape index (κ1) is 17.9. The third kappa shape index (κ3) is 4.32. The summed E-state index contributed by atoms with van der Waals surface area (Å²) < 4.78 is 5.12. The van der Waals surface area contributed by atoms with Crippen molar-refractivity contribution < 1.29 is 24.0 Å². The van der Waals surface area contributed by atoms with Crippen LogP contribution < -0.4 is 5.32 Å². The van der Waals surface area contributed by atoms with Crippen molar-refractivity contribution in [2.75, 3.05) is 6.54 Å². The number of nitrogens with zero attached hydrogens (tertiary/aromatic N) is 1. The van der Waals surface area contributed by atoms with Crippen molar-refractivity contribution in [1.29, 1.82) is 0 Å². The van der Waals surface area contributed by atoms with Crippen molar-refractivity contribution in [1.82, 2.24) is 10.4 Å². The SMILES string of the molecule is CC(CCNC(=O)OC(C)(C)C)ON1C(=O)c2ccccc2C1=O. The Labute approximate surface area is 140 Å². The number of nitrogens with one attached hydrogen (secondary N) is 1. The summed E-state index contributed by atoms with van der Waals surface area (Å²) in [7, 11) is 0. The molecule has 0 saturated carbocycles. The van der Waals surface area contributed by atoms with E-state index < -0.39 is 29.6 Å². The molecule has 24 heavy (non-hydrogen) atoms. The molecule has 1 heterocycles. The molecule has 7 heteroatoms. The lowest BCUT2D eigenvalue weighted by Gasteiger charge is -2.21. The van der Waals surface area contributed by atoms with Gasteiger partial charge < -0.3 is 10.1 Å². The molecule has 0 saturated heterocycles. The number of fused-ring (bicyclic) bond motifs is 1. The molecule has 0 spiro atoms. The van der Waals surface area contributed by atoms with E-state index in [2.05, 4.69) is 5.32 Å². The summed E-state index contributed by atoms with van der Waals surface area (Å²) >= 11 is 0. The number of carbonyl (C=O) groups excluding carboxylic acids is 3. The van der Waals surface area contributed by atoms with Crippen molar-refractivity contribution in [2.45, 2.75) is 45.8 Å². The molecule has 1 aliphatic rings. The van der Waals surface area contributed by atoms with Crippen LogP contribution in [0.3, 0.4) is 0 Å². The largest absolute Gasteiger partial charge is 0.444 e. The average molecular weight is 334 g/mol. The lowest BCUT2D eigenvalue weighted by Crippen LogP contribution is -2.36. The van der Waals surface area contributed by atoms with Crippen LogP contribution in [0.4, 0.5) is 4.79 Å². The molecule has 0 fully saturated rings. The summed E-state index contributed by atoms with van der Waals surface area (Å²) in [5.41, 5.74) is 0.106. The Bertz CT molecular complexity index is 616. The van der Waals surface area contributed by atoms with Crippen LogP contribution in [0.1, 0.15) is 54.8 Å². The van der Waals surface area contributed by atoms with E-state index in [1.807, 2.05) is 0 Å². The molecular weight excluding hydrogens is 312 g/mol. The van der Waals surface area contributed by atoms with E-state index in [0.717, 1.165) is 5.06 Å². The molecule has 7 nitrogen and oxygen atoms in total. The average Bonchev–Trinajstić information content (AvgIpc) is 2.71. The number of alkyl carbamates (subject to hydrolysis) is 1. The number of hydrogen-bond donors (Lipinski definition) is 1. The van der Waals surface area contributed by atoms with Crippen molar-refractivity contribution in [3.63, 3.8) is 0 Å². The molecule has 0 radical (unpaired) electrons. The molecule has 130 valence electrons. The first-order valence-corrected chi connectivity index (χ1v) is 7.80. The van der Waals surface area contributed by atoms with E-state index in [-0.39, 0.29) is 0 Å². The van der Waals surface area contributed by atoms with Crippen LogP contribution in [-0.4, -0.2) is 41.2 Å². The van der Waals surface area contributed by atoms with Gasteiger partial charge in [-0.1, -0.05) is 12.1 Å². The van der Waals surface area contributed by atoms with Crippen LogP contribution in [0, 0.1) is 0 Å². The zero-order valence-corrected chi connectivity index (χ0v) is 14.3. The van der Waals surface area contributed by atoms with Gasteiger partial charge in [-0.25, -0.2) is 4.79 Å². The lowest BCUT2D eigenvalue weighted by molar-refractivity contribution is -0.127. The summed E-state index contributed by atoms with van der Waals surface area (Å²) in [4.78, 5) is 41.3. The molecule has 3 amide bonds. The predicted molar refractivity (Wildman–Crippen MR) is 86.3 cm³/mol. The van der Waals surface area contributed by atoms with Gasteiger partial charge in [-0.15, -0.1) is 5.06 Å². The number of hydrogen-bond acceptors (Lipinski definition) is 5. The van der Waals surface area contributed by atoms with Gasteiger partial charge in [0.25, 0.3) is 11.8 Å². The van der Waals surface area contributed by atoms with Gasteiger partial charge in [0, 0.05) is 6.54 Å². The molecule has 1 aromatic rings. The second-order valence-electron chi connectivity index (χ2n) is 6.58. The van der Waals surface area contributed by atoms with Crippen molar-refractivity contribution in [3.8, 4) is 0 Å². The zero-order chi connectivity index (χ0) is 17.9. The van der Waals surface area contributed by atoms with Crippen molar-refractivity contribution in [3.05, 3.63) is 35.4 Å². The van der Waals surface area contributed by atoms with E-state index in [1.165, 1.54) is 0 Å². The van der Waals surface area contributed by atoms with Gasteiger partial charge in [0.15, 0.2) is 0 Å². The van der Waals surface area contributed by atoms with Gasteiger partial charge in [-0.05, 0) is 46.2 Å². The van der Waals surface area contributed by atoms with Crippen molar-refractivity contribution in [2.24, 2.45) is 0 Å². The number of hydroxylamine groups is 2. The lowest BCUT2D eigenvalue weighted by atomic mass is 10.1. The Morgan fingerprint density at radius 3 is 2.21 bits per heavy atom. The Kier molecular flexibility index (Phi) is 5.23. The molecule has 2 rings (SSSR count). The number of carbonyl (C=O) groups is 3. The van der Waals surface area contributed by atoms with E-state index in [4.69, 9.17) is 9.57 Å². The first-order chi connectivity index (χ1) is 11.2. The summed E-state index contributed by atoms with van der Waals surface area (Å²) in [6, 6.07) is 6.57. The predicted octanol–water partition coefficient (Wildman–Crippen LogP) is 2.52. The number of amides is 3. The normalized spacial score (nSPS) is 15.2. The van der Waals surface area contributed by atoms with E-state index >= 15 is 0 Å². The minimum absolute atomic E-state index is 0.305. The van der Waals surface area contributed by atoms with Crippen molar-refractivity contribution >= 4 is 17.9 Å². The third-order valence-electron chi connectivity index (χ3n) is 3.26. The van der Waals surface area contributed by atoms with Crippen LogP contribution in [0.25, 0.3) is 0 Å². The monoisotopic (exact) mass is 334 g/mol. The number of rotatable bonds is 5. The first-order valence-electron chi connectivity index (χ1n) is 7.80. The summed E-state index contributed by atoms with van der Waals surface area (Å²) in [6.45, 7) is 7.36. The highest BCUT2D eigenvalue weighted by molar-refractivity contribution is 6.20. The molecule has 0 aromatic heterocycles. The smallest absolute Gasteiger partial charge is 0.407 e. The van der Waals surface area contributed by atoms with E-state index in [9.17, 15) is 14.4 Å². The minimum Gasteiger partial charge on any atom is -0.444 e. The zero-order valence-electron chi connectivity index (χ0n) is 14.3. The molecule has 1 aromatic carbocycles. The second kappa shape index (κ2) is 7.00. The van der Waals surface area contributed by atoms with Crippen LogP contribution in [-0.2, 0) is 9.57 Å². The fourth-order valence-corrected chi connectivity index (χ4v) is 2.19. The Morgan fingerprint density at radius 2 is 1.71 bits per heavy atom. The maximum atomic E-state index is 12.2. The number of imide groups is 1. The van der Waals surface area contributed by atoms with Crippen LogP contribution >= 0.6 is 0 Å². The second-order valence-corrected chi connectivity index (χ2v) is 6.58. The fourth-order valence-electron chi connectivity index (χ4n) is 2.19. The van der Waals surface area contributed by atoms with Gasteiger partial charge in [-0.3, -0.25) is 14.4 Å². The Hall–Kier alpha value is -2.41. The molecule has 1 atom stereocenters. The maximum Gasteiger partial charge on any atom is 0.407 e. The van der Waals surface area contributed by atoms with E-state index in [1.54, 1.807) is 52.0 Å².